The number of amides is 2. The van der Waals surface area contributed by atoms with Gasteiger partial charge in [-0.25, -0.2) is 0 Å². The van der Waals surface area contributed by atoms with Crippen LogP contribution in [0.15, 0.2) is 12.4 Å². The van der Waals surface area contributed by atoms with Gasteiger partial charge in [0.05, 0.1) is 11.8 Å². The summed E-state index contributed by atoms with van der Waals surface area (Å²) in [5.41, 5.74) is 6.26. The van der Waals surface area contributed by atoms with Crippen molar-refractivity contribution in [2.45, 2.75) is 76.9 Å². The fourth-order valence-corrected chi connectivity index (χ4v) is 3.09. The molecule has 0 radical (unpaired) electrons. The lowest BCUT2D eigenvalue weighted by atomic mass is 9.94. The highest BCUT2D eigenvalue weighted by atomic mass is 35.5. The molecule has 8 heteroatoms. The van der Waals surface area contributed by atoms with Crippen LogP contribution in [0, 0.1) is 0 Å². The standard InChI is InChI=1S/C18H31N5O2.ClH/c1-3-18(19,4-2)13-20-17(25)14-10-21-23(11-14)12-16(24)22-15-8-6-5-7-9-15;/h10-11,15H,3-9,12-13,19H2,1-2H3,(H,20,25)(H,22,24);1H. The number of nitrogens with two attached hydrogens (primary N) is 1. The second-order valence-corrected chi connectivity index (χ2v) is 7.08. The average Bonchev–Trinajstić information content (AvgIpc) is 3.08. The molecule has 1 aromatic heterocycles. The number of hydrogen-bond donors (Lipinski definition) is 3. The van der Waals surface area contributed by atoms with Crippen molar-refractivity contribution >= 4 is 24.2 Å². The molecule has 1 saturated carbocycles. The van der Waals surface area contributed by atoms with Crippen LogP contribution in [-0.4, -0.2) is 39.7 Å². The molecule has 4 N–H and O–H groups in total. The maximum atomic E-state index is 12.2. The van der Waals surface area contributed by atoms with E-state index in [4.69, 9.17) is 5.73 Å². The summed E-state index contributed by atoms with van der Waals surface area (Å²) >= 11 is 0. The quantitative estimate of drug-likeness (QED) is 0.636. The first kappa shape index (κ1) is 22.4. The van der Waals surface area contributed by atoms with Crippen molar-refractivity contribution in [3.63, 3.8) is 0 Å². The minimum Gasteiger partial charge on any atom is -0.352 e. The van der Waals surface area contributed by atoms with Crippen LogP contribution >= 0.6 is 12.4 Å². The molecule has 1 heterocycles. The van der Waals surface area contributed by atoms with E-state index in [1.54, 1.807) is 6.20 Å². The van der Waals surface area contributed by atoms with Crippen molar-refractivity contribution in [1.29, 1.82) is 0 Å². The number of rotatable bonds is 8. The highest BCUT2D eigenvalue weighted by Gasteiger charge is 2.22. The summed E-state index contributed by atoms with van der Waals surface area (Å²) < 4.78 is 1.50. The molecule has 1 aromatic rings. The van der Waals surface area contributed by atoms with E-state index >= 15 is 0 Å². The second kappa shape index (κ2) is 10.5. The van der Waals surface area contributed by atoms with Crippen LogP contribution in [0.2, 0.25) is 0 Å². The van der Waals surface area contributed by atoms with Gasteiger partial charge in [-0.1, -0.05) is 33.1 Å². The largest absolute Gasteiger partial charge is 0.352 e. The van der Waals surface area contributed by atoms with Crippen LogP contribution in [0.4, 0.5) is 0 Å². The zero-order valence-corrected chi connectivity index (χ0v) is 16.6. The number of carbonyl (C=O) groups is 2. The molecule has 1 fully saturated rings. The summed E-state index contributed by atoms with van der Waals surface area (Å²) in [5.74, 6) is -0.268. The highest BCUT2D eigenvalue weighted by molar-refractivity contribution is 5.93. The molecule has 0 atom stereocenters. The summed E-state index contributed by atoms with van der Waals surface area (Å²) in [5, 5.41) is 10.0. The first-order valence-electron chi connectivity index (χ1n) is 9.34. The molecule has 7 nitrogen and oxygen atoms in total. The van der Waals surface area contributed by atoms with Crippen molar-refractivity contribution in [1.82, 2.24) is 20.4 Å². The first-order valence-corrected chi connectivity index (χ1v) is 9.34. The average molecular weight is 386 g/mol. The van der Waals surface area contributed by atoms with Gasteiger partial charge >= 0.3 is 0 Å². The van der Waals surface area contributed by atoms with E-state index in [0.29, 0.717) is 12.1 Å². The van der Waals surface area contributed by atoms with Crippen LogP contribution in [0.5, 0.6) is 0 Å². The third-order valence-corrected chi connectivity index (χ3v) is 5.18. The number of hydrogen-bond acceptors (Lipinski definition) is 4. The zero-order valence-electron chi connectivity index (χ0n) is 15.8. The minimum atomic E-state index is -0.383. The highest BCUT2D eigenvalue weighted by Crippen LogP contribution is 2.17. The SMILES string of the molecule is CCC(N)(CC)CNC(=O)c1cnn(CC(=O)NC2CCCCC2)c1.Cl. The van der Waals surface area contributed by atoms with Gasteiger partial charge < -0.3 is 16.4 Å². The lowest BCUT2D eigenvalue weighted by molar-refractivity contribution is -0.122. The van der Waals surface area contributed by atoms with E-state index in [2.05, 4.69) is 15.7 Å². The maximum Gasteiger partial charge on any atom is 0.254 e. The Morgan fingerprint density at radius 2 is 1.92 bits per heavy atom. The summed E-state index contributed by atoms with van der Waals surface area (Å²) in [6.07, 6.45) is 10.4. The topological polar surface area (TPSA) is 102 Å². The third-order valence-electron chi connectivity index (χ3n) is 5.18. The number of carbonyl (C=O) groups excluding carboxylic acids is 2. The zero-order chi connectivity index (χ0) is 18.3. The number of halogens is 1. The summed E-state index contributed by atoms with van der Waals surface area (Å²) in [6, 6.07) is 0.278. The van der Waals surface area contributed by atoms with Gasteiger partial charge in [-0.2, -0.15) is 5.10 Å². The summed E-state index contributed by atoms with van der Waals surface area (Å²) in [6.45, 7) is 4.58. The molecular formula is C18H32ClN5O2. The molecule has 0 spiro atoms. The maximum absolute atomic E-state index is 12.2. The molecule has 1 aliphatic carbocycles. The van der Waals surface area contributed by atoms with Crippen molar-refractivity contribution in [2.24, 2.45) is 5.73 Å². The Morgan fingerprint density at radius 3 is 2.54 bits per heavy atom. The molecule has 0 unspecified atom stereocenters. The second-order valence-electron chi connectivity index (χ2n) is 7.08. The molecule has 26 heavy (non-hydrogen) atoms. The molecule has 0 saturated heterocycles. The summed E-state index contributed by atoms with van der Waals surface area (Å²) in [4.78, 5) is 24.3. The fourth-order valence-electron chi connectivity index (χ4n) is 3.09. The van der Waals surface area contributed by atoms with E-state index in [1.165, 1.54) is 30.1 Å². The van der Waals surface area contributed by atoms with Crippen LogP contribution in [0.1, 0.15) is 69.2 Å². The monoisotopic (exact) mass is 385 g/mol. The van der Waals surface area contributed by atoms with Gasteiger partial charge in [0.25, 0.3) is 5.91 Å². The molecule has 0 aromatic carbocycles. The summed E-state index contributed by atoms with van der Waals surface area (Å²) in [7, 11) is 0. The molecule has 2 amide bonds. The number of nitrogens with one attached hydrogen (secondary N) is 2. The van der Waals surface area contributed by atoms with Gasteiger partial charge in [-0.3, -0.25) is 14.3 Å². The van der Waals surface area contributed by atoms with E-state index in [1.807, 2.05) is 13.8 Å². The Kier molecular flexibility index (Phi) is 9.08. The Labute approximate surface area is 161 Å². The van der Waals surface area contributed by atoms with E-state index in [9.17, 15) is 9.59 Å². The normalized spacial score (nSPS) is 15.2. The van der Waals surface area contributed by atoms with Gasteiger partial charge in [0.1, 0.15) is 6.54 Å². The van der Waals surface area contributed by atoms with E-state index in [0.717, 1.165) is 25.7 Å². The van der Waals surface area contributed by atoms with Crippen LogP contribution in [-0.2, 0) is 11.3 Å². The molecule has 1 aliphatic rings. The fraction of sp³-hybridized carbons (Fsp3) is 0.722. The van der Waals surface area contributed by atoms with Gasteiger partial charge in [-0.05, 0) is 25.7 Å². The van der Waals surface area contributed by atoms with Crippen molar-refractivity contribution in [3.05, 3.63) is 18.0 Å². The van der Waals surface area contributed by atoms with Gasteiger partial charge in [0.2, 0.25) is 5.91 Å². The van der Waals surface area contributed by atoms with Crippen LogP contribution in [0.25, 0.3) is 0 Å². The Balaban J connectivity index is 0.00000338. The van der Waals surface area contributed by atoms with Gasteiger partial charge in [0, 0.05) is 24.3 Å². The predicted octanol–water partition coefficient (Wildman–Crippen LogP) is 2.00. The van der Waals surface area contributed by atoms with Crippen molar-refractivity contribution in [2.75, 3.05) is 6.54 Å². The Morgan fingerprint density at radius 1 is 1.27 bits per heavy atom. The van der Waals surface area contributed by atoms with Crippen LogP contribution in [0.3, 0.4) is 0 Å². The Hall–Kier alpha value is -1.60. The van der Waals surface area contributed by atoms with E-state index in [-0.39, 0.29) is 42.3 Å². The third kappa shape index (κ3) is 6.61. The lowest BCUT2D eigenvalue weighted by Crippen LogP contribution is -2.49. The van der Waals surface area contributed by atoms with Crippen molar-refractivity contribution in [3.8, 4) is 0 Å². The molecule has 0 aliphatic heterocycles. The molecule has 2 rings (SSSR count). The minimum absolute atomic E-state index is 0. The molecular weight excluding hydrogens is 354 g/mol. The number of nitrogens with zero attached hydrogens (tertiary/aromatic N) is 2. The predicted molar refractivity (Wildman–Crippen MR) is 104 cm³/mol. The molecule has 0 bridgehead atoms. The van der Waals surface area contributed by atoms with E-state index < -0.39 is 0 Å². The molecule has 148 valence electrons. The van der Waals surface area contributed by atoms with Gasteiger partial charge in [0.15, 0.2) is 0 Å². The first-order chi connectivity index (χ1) is 12.0. The Bertz CT molecular complexity index is 580. The number of aromatic nitrogens is 2. The van der Waals surface area contributed by atoms with Crippen molar-refractivity contribution < 1.29 is 9.59 Å². The lowest BCUT2D eigenvalue weighted by Gasteiger charge is -2.26. The van der Waals surface area contributed by atoms with Crippen LogP contribution < -0.4 is 16.4 Å². The smallest absolute Gasteiger partial charge is 0.254 e. The van der Waals surface area contributed by atoms with Gasteiger partial charge in [-0.15, -0.1) is 12.4 Å².